The van der Waals surface area contributed by atoms with Gasteiger partial charge in [0.2, 0.25) is 11.8 Å². The summed E-state index contributed by atoms with van der Waals surface area (Å²) < 4.78 is 0. The summed E-state index contributed by atoms with van der Waals surface area (Å²) in [7, 11) is 3.42. The molecular formula is C29H36ClN5O3. The number of nitrogens with one attached hydrogen (secondary N) is 1. The predicted molar refractivity (Wildman–Crippen MR) is 147 cm³/mol. The Bertz CT molecular complexity index is 1240. The van der Waals surface area contributed by atoms with E-state index in [0.717, 1.165) is 61.6 Å². The Labute approximate surface area is 229 Å². The van der Waals surface area contributed by atoms with Crippen LogP contribution in [0.5, 0.6) is 0 Å². The molecule has 1 aromatic carbocycles. The number of piperidine rings is 1. The van der Waals surface area contributed by atoms with Crippen molar-refractivity contribution in [1.29, 1.82) is 0 Å². The highest BCUT2D eigenvalue weighted by Gasteiger charge is 2.41. The molecule has 5 rings (SSSR count). The van der Waals surface area contributed by atoms with Gasteiger partial charge in [0.05, 0.1) is 0 Å². The van der Waals surface area contributed by atoms with Crippen LogP contribution in [-0.2, 0) is 16.1 Å². The van der Waals surface area contributed by atoms with Crippen LogP contribution in [0.4, 0.5) is 5.82 Å². The largest absolute Gasteiger partial charge is 0.345 e. The molecule has 3 heterocycles. The Balaban J connectivity index is 1.24. The second kappa shape index (κ2) is 11.0. The summed E-state index contributed by atoms with van der Waals surface area (Å²) >= 11 is 6.17. The van der Waals surface area contributed by atoms with Crippen LogP contribution in [0.15, 0.2) is 30.3 Å². The zero-order valence-corrected chi connectivity index (χ0v) is 23.1. The van der Waals surface area contributed by atoms with Gasteiger partial charge in [0.15, 0.2) is 0 Å². The molecule has 2 saturated heterocycles. The molecule has 1 aromatic heterocycles. The number of pyridine rings is 1. The normalized spacial score (nSPS) is 20.6. The number of likely N-dealkylation sites (tertiary alicyclic amines) is 2. The van der Waals surface area contributed by atoms with Gasteiger partial charge in [-0.3, -0.25) is 19.3 Å². The minimum atomic E-state index is -0.516. The predicted octanol–water partition coefficient (Wildman–Crippen LogP) is 4.22. The fourth-order valence-corrected chi connectivity index (χ4v) is 5.75. The zero-order chi connectivity index (χ0) is 27.0. The van der Waals surface area contributed by atoms with E-state index in [1.165, 1.54) is 10.5 Å². The number of nitrogens with zero attached hydrogens (tertiary/aromatic N) is 4. The van der Waals surface area contributed by atoms with Gasteiger partial charge in [-0.05, 0) is 68.4 Å². The zero-order valence-electron chi connectivity index (χ0n) is 22.4. The summed E-state index contributed by atoms with van der Waals surface area (Å²) in [6.45, 7) is 4.59. The fourth-order valence-electron chi connectivity index (χ4n) is 5.63. The standard InChI is InChI=1S/C29H36ClN5O3/c1-18-14-19(4-7-23(18)30)17-34-12-10-22(11-13-34)35-25(8-9-27(35)36)28(37)32-26-16-21(29(38)33(2)3)15-24(31-26)20-5-6-20/h4,7,14-16,20,22,25H,5-6,8-13,17H2,1-3H3,(H,31,32,37)/t25-/m1/s1. The molecule has 1 aliphatic carbocycles. The van der Waals surface area contributed by atoms with Crippen LogP contribution >= 0.6 is 11.6 Å². The molecule has 8 nitrogen and oxygen atoms in total. The Morgan fingerprint density at radius 2 is 1.82 bits per heavy atom. The van der Waals surface area contributed by atoms with E-state index in [-0.39, 0.29) is 23.8 Å². The fraction of sp³-hybridized carbons (Fsp3) is 0.517. The number of halogens is 1. The maximum atomic E-state index is 13.4. The van der Waals surface area contributed by atoms with E-state index in [2.05, 4.69) is 27.3 Å². The maximum Gasteiger partial charge on any atom is 0.253 e. The molecule has 9 heteroatoms. The molecule has 38 heavy (non-hydrogen) atoms. The first-order chi connectivity index (χ1) is 18.2. The molecule has 3 amide bonds. The molecule has 202 valence electrons. The third-order valence-corrected chi connectivity index (χ3v) is 8.31. The highest BCUT2D eigenvalue weighted by molar-refractivity contribution is 6.31. The number of aryl methyl sites for hydroxylation is 1. The maximum absolute atomic E-state index is 13.4. The Kier molecular flexibility index (Phi) is 7.73. The van der Waals surface area contributed by atoms with Crippen molar-refractivity contribution in [3.63, 3.8) is 0 Å². The van der Waals surface area contributed by atoms with Gasteiger partial charge in [0.1, 0.15) is 11.9 Å². The van der Waals surface area contributed by atoms with Crippen molar-refractivity contribution in [3.05, 3.63) is 57.7 Å². The first-order valence-corrected chi connectivity index (χ1v) is 13.9. The van der Waals surface area contributed by atoms with E-state index < -0.39 is 6.04 Å². The van der Waals surface area contributed by atoms with Gasteiger partial charge in [-0.15, -0.1) is 0 Å². The second-order valence-electron chi connectivity index (χ2n) is 11.1. The van der Waals surface area contributed by atoms with Gasteiger partial charge in [0, 0.05) is 68.4 Å². The van der Waals surface area contributed by atoms with Crippen LogP contribution in [0.2, 0.25) is 5.02 Å². The number of benzene rings is 1. The lowest BCUT2D eigenvalue weighted by atomic mass is 10.0. The molecule has 0 spiro atoms. The molecule has 0 unspecified atom stereocenters. The van der Waals surface area contributed by atoms with Gasteiger partial charge < -0.3 is 15.1 Å². The minimum absolute atomic E-state index is 0.0418. The smallest absolute Gasteiger partial charge is 0.253 e. The van der Waals surface area contributed by atoms with Crippen molar-refractivity contribution in [2.75, 3.05) is 32.5 Å². The summed E-state index contributed by atoms with van der Waals surface area (Å²) in [4.78, 5) is 49.3. The highest BCUT2D eigenvalue weighted by Crippen LogP contribution is 2.40. The Hall–Kier alpha value is -2.97. The number of anilines is 1. The lowest BCUT2D eigenvalue weighted by molar-refractivity contribution is -0.136. The van der Waals surface area contributed by atoms with E-state index >= 15 is 0 Å². The Morgan fingerprint density at radius 3 is 2.47 bits per heavy atom. The van der Waals surface area contributed by atoms with Gasteiger partial charge in [0.25, 0.3) is 5.91 Å². The summed E-state index contributed by atoms with van der Waals surface area (Å²) in [5.74, 6) is 0.422. The topological polar surface area (TPSA) is 85.8 Å². The number of rotatable bonds is 7. The van der Waals surface area contributed by atoms with E-state index in [4.69, 9.17) is 11.6 Å². The van der Waals surface area contributed by atoms with Crippen molar-refractivity contribution in [3.8, 4) is 0 Å². The van der Waals surface area contributed by atoms with E-state index in [0.29, 0.717) is 30.1 Å². The van der Waals surface area contributed by atoms with Gasteiger partial charge in [-0.1, -0.05) is 23.7 Å². The molecule has 3 fully saturated rings. The Morgan fingerprint density at radius 1 is 1.08 bits per heavy atom. The van der Waals surface area contributed by atoms with Crippen molar-refractivity contribution in [2.45, 2.75) is 70.0 Å². The van der Waals surface area contributed by atoms with Crippen LogP contribution in [0, 0.1) is 6.92 Å². The summed E-state index contributed by atoms with van der Waals surface area (Å²) in [6, 6.07) is 9.14. The molecule has 2 aliphatic heterocycles. The second-order valence-corrected chi connectivity index (χ2v) is 11.5. The third kappa shape index (κ3) is 5.86. The lowest BCUT2D eigenvalue weighted by Crippen LogP contribution is -2.51. The van der Waals surface area contributed by atoms with Crippen molar-refractivity contribution in [2.24, 2.45) is 0 Å². The molecule has 3 aliphatic rings. The van der Waals surface area contributed by atoms with E-state index in [9.17, 15) is 14.4 Å². The summed E-state index contributed by atoms with van der Waals surface area (Å²) in [5.41, 5.74) is 3.67. The molecule has 0 radical (unpaired) electrons. The highest BCUT2D eigenvalue weighted by atomic mass is 35.5. The van der Waals surface area contributed by atoms with Gasteiger partial charge in [-0.2, -0.15) is 0 Å². The molecule has 1 N–H and O–H groups in total. The average Bonchev–Trinajstić information content (AvgIpc) is 3.67. The average molecular weight is 538 g/mol. The lowest BCUT2D eigenvalue weighted by Gasteiger charge is -2.39. The molecule has 0 bridgehead atoms. The number of carbonyl (C=O) groups is 3. The van der Waals surface area contributed by atoms with Crippen LogP contribution in [0.25, 0.3) is 0 Å². The number of hydrogen-bond acceptors (Lipinski definition) is 5. The number of amides is 3. The van der Waals surface area contributed by atoms with Crippen molar-refractivity contribution >= 4 is 35.1 Å². The van der Waals surface area contributed by atoms with Gasteiger partial charge >= 0.3 is 0 Å². The third-order valence-electron chi connectivity index (χ3n) is 7.88. The monoisotopic (exact) mass is 537 g/mol. The van der Waals surface area contributed by atoms with E-state index in [1.54, 1.807) is 20.2 Å². The SMILES string of the molecule is Cc1cc(CN2CCC(N3C(=O)CC[C@@H]3C(=O)Nc3cc(C(=O)N(C)C)cc(C4CC4)n3)CC2)ccc1Cl. The molecule has 2 aromatic rings. The van der Waals surface area contributed by atoms with Crippen LogP contribution in [-0.4, -0.2) is 76.7 Å². The summed E-state index contributed by atoms with van der Waals surface area (Å²) in [5, 5.41) is 3.72. The van der Waals surface area contributed by atoms with Crippen LogP contribution in [0.3, 0.4) is 0 Å². The number of carbonyl (C=O) groups excluding carboxylic acids is 3. The van der Waals surface area contributed by atoms with Crippen molar-refractivity contribution in [1.82, 2.24) is 19.7 Å². The quantitative estimate of drug-likeness (QED) is 0.571. The first kappa shape index (κ1) is 26.6. The molecule has 1 saturated carbocycles. The molecular weight excluding hydrogens is 502 g/mol. The van der Waals surface area contributed by atoms with Crippen LogP contribution in [0.1, 0.15) is 71.6 Å². The number of hydrogen-bond donors (Lipinski definition) is 1. The van der Waals surface area contributed by atoms with Gasteiger partial charge in [-0.25, -0.2) is 4.98 Å². The number of aromatic nitrogens is 1. The molecule has 1 atom stereocenters. The van der Waals surface area contributed by atoms with Crippen LogP contribution < -0.4 is 5.32 Å². The van der Waals surface area contributed by atoms with Crippen molar-refractivity contribution < 1.29 is 14.4 Å². The summed E-state index contributed by atoms with van der Waals surface area (Å²) in [6.07, 6.45) is 4.63. The minimum Gasteiger partial charge on any atom is -0.345 e. The van der Waals surface area contributed by atoms with E-state index in [1.807, 2.05) is 24.0 Å². The first-order valence-electron chi connectivity index (χ1n) is 13.5.